The topological polar surface area (TPSA) is 102 Å². The SMILES string of the molecule is CCCCCCCCCCCCCCCCC(=O)OC[C@H](CO)OP(=O)(O)OCC[N+](C)(C)C. The van der Waals surface area contributed by atoms with Crippen LogP contribution in [0.1, 0.15) is 103 Å². The van der Waals surface area contributed by atoms with Crippen LogP contribution < -0.4 is 0 Å². The highest BCUT2D eigenvalue weighted by atomic mass is 31.2. The van der Waals surface area contributed by atoms with E-state index in [9.17, 15) is 19.4 Å². The van der Waals surface area contributed by atoms with Crippen molar-refractivity contribution in [2.75, 3.05) is 47.5 Å². The summed E-state index contributed by atoms with van der Waals surface area (Å²) in [6.07, 6.45) is 16.7. The highest BCUT2D eigenvalue weighted by Crippen LogP contribution is 2.44. The fourth-order valence-electron chi connectivity index (χ4n) is 3.49. The Morgan fingerprint density at radius 1 is 0.853 bits per heavy atom. The van der Waals surface area contributed by atoms with Gasteiger partial charge in [-0.3, -0.25) is 13.8 Å². The fraction of sp³-hybridized carbons (Fsp3) is 0.960. The van der Waals surface area contributed by atoms with Gasteiger partial charge in [0.15, 0.2) is 0 Å². The van der Waals surface area contributed by atoms with Crippen LogP contribution in [0.25, 0.3) is 0 Å². The molecular formula is C25H53NO7P+. The number of aliphatic hydroxyl groups excluding tert-OH is 1. The van der Waals surface area contributed by atoms with Gasteiger partial charge in [-0.15, -0.1) is 0 Å². The number of likely N-dealkylation sites (N-methyl/N-ethyl adjacent to an activating group) is 1. The van der Waals surface area contributed by atoms with Gasteiger partial charge in [-0.25, -0.2) is 4.57 Å². The molecule has 0 aliphatic rings. The number of hydrogen-bond donors (Lipinski definition) is 2. The molecule has 1 unspecified atom stereocenters. The average molecular weight is 511 g/mol. The van der Waals surface area contributed by atoms with E-state index >= 15 is 0 Å². The Balaban J connectivity index is 3.69. The maximum Gasteiger partial charge on any atom is 0.472 e. The Hall–Kier alpha value is -0.500. The van der Waals surface area contributed by atoms with Gasteiger partial charge >= 0.3 is 13.8 Å². The molecule has 0 rings (SSSR count). The van der Waals surface area contributed by atoms with Crippen molar-refractivity contribution in [1.29, 1.82) is 0 Å². The molecule has 0 aliphatic carbocycles. The predicted molar refractivity (Wildman–Crippen MR) is 137 cm³/mol. The second-order valence-electron chi connectivity index (χ2n) is 10.3. The van der Waals surface area contributed by atoms with E-state index in [-0.39, 0.29) is 19.2 Å². The standard InChI is InChI=1S/C25H52NO7P/c1-5-6-7-8-9-10-11-12-13-14-15-16-17-18-19-25(28)31-23-24(22-27)33-34(29,30)32-21-20-26(2,3)4/h24,27H,5-23H2,1-4H3/p+1/t24-/m0/s1. The molecule has 0 saturated carbocycles. The van der Waals surface area contributed by atoms with Crippen LogP contribution in [0.3, 0.4) is 0 Å². The zero-order chi connectivity index (χ0) is 25.7. The van der Waals surface area contributed by atoms with Gasteiger partial charge in [0.2, 0.25) is 0 Å². The predicted octanol–water partition coefficient (Wildman–Crippen LogP) is 5.60. The van der Waals surface area contributed by atoms with Gasteiger partial charge in [0.25, 0.3) is 0 Å². The Morgan fingerprint density at radius 2 is 1.32 bits per heavy atom. The fourth-order valence-corrected chi connectivity index (χ4v) is 4.36. The third-order valence-electron chi connectivity index (χ3n) is 5.67. The zero-order valence-corrected chi connectivity index (χ0v) is 23.2. The Bertz CT molecular complexity index is 540. The number of carbonyl (C=O) groups excluding carboxylic acids is 1. The molecule has 2 atom stereocenters. The highest BCUT2D eigenvalue weighted by Gasteiger charge is 2.28. The van der Waals surface area contributed by atoms with Crippen molar-refractivity contribution >= 4 is 13.8 Å². The second-order valence-corrected chi connectivity index (χ2v) is 11.7. The number of carbonyl (C=O) groups is 1. The number of quaternary nitrogens is 1. The molecule has 8 nitrogen and oxygen atoms in total. The third-order valence-corrected chi connectivity index (χ3v) is 6.74. The van der Waals surface area contributed by atoms with Gasteiger partial charge in [0.1, 0.15) is 25.9 Å². The van der Waals surface area contributed by atoms with Gasteiger partial charge in [-0.05, 0) is 6.42 Å². The molecule has 0 saturated heterocycles. The van der Waals surface area contributed by atoms with Crippen molar-refractivity contribution in [1.82, 2.24) is 0 Å². The summed E-state index contributed by atoms with van der Waals surface area (Å²) in [4.78, 5) is 21.7. The lowest BCUT2D eigenvalue weighted by atomic mass is 10.0. The van der Waals surface area contributed by atoms with E-state index in [0.717, 1.165) is 19.3 Å². The van der Waals surface area contributed by atoms with E-state index in [0.29, 0.717) is 17.4 Å². The summed E-state index contributed by atoms with van der Waals surface area (Å²) >= 11 is 0. The summed E-state index contributed by atoms with van der Waals surface area (Å²) in [5.74, 6) is -0.389. The number of hydrogen-bond acceptors (Lipinski definition) is 6. The van der Waals surface area contributed by atoms with Crippen molar-refractivity contribution in [3.63, 3.8) is 0 Å². The van der Waals surface area contributed by atoms with Gasteiger partial charge in [-0.1, -0.05) is 90.4 Å². The first-order chi connectivity index (χ1) is 16.1. The molecule has 0 fully saturated rings. The molecule has 34 heavy (non-hydrogen) atoms. The van der Waals surface area contributed by atoms with E-state index in [1.165, 1.54) is 70.6 Å². The molecule has 0 aliphatic heterocycles. The third kappa shape index (κ3) is 23.3. The molecule has 0 radical (unpaired) electrons. The summed E-state index contributed by atoms with van der Waals surface area (Å²) in [5.41, 5.74) is 0. The Labute approximate surface area is 208 Å². The molecule has 0 bridgehead atoms. The highest BCUT2D eigenvalue weighted by molar-refractivity contribution is 7.47. The minimum Gasteiger partial charge on any atom is -0.463 e. The number of phosphoric ester groups is 1. The van der Waals surface area contributed by atoms with E-state index in [1.807, 2.05) is 21.1 Å². The van der Waals surface area contributed by atoms with E-state index < -0.39 is 20.5 Å². The van der Waals surface area contributed by atoms with Gasteiger partial charge in [0.05, 0.1) is 27.7 Å². The van der Waals surface area contributed by atoms with Crippen LogP contribution >= 0.6 is 7.82 Å². The zero-order valence-electron chi connectivity index (χ0n) is 22.3. The summed E-state index contributed by atoms with van der Waals surface area (Å²) in [7, 11) is 1.47. The monoisotopic (exact) mass is 510 g/mol. The second kappa shape index (κ2) is 20.7. The normalized spacial score (nSPS) is 14.6. The van der Waals surface area contributed by atoms with Crippen LogP contribution in [-0.2, 0) is 23.1 Å². The summed E-state index contributed by atoms with van der Waals surface area (Å²) in [6.45, 7) is 1.98. The van der Waals surface area contributed by atoms with Crippen molar-refractivity contribution in [3.8, 4) is 0 Å². The number of nitrogens with zero attached hydrogens (tertiary/aromatic N) is 1. The first-order valence-corrected chi connectivity index (χ1v) is 14.8. The lowest BCUT2D eigenvalue weighted by Crippen LogP contribution is -2.37. The number of unbranched alkanes of at least 4 members (excludes halogenated alkanes) is 13. The summed E-state index contributed by atoms with van der Waals surface area (Å²) in [6, 6.07) is 0. The minimum atomic E-state index is -4.32. The summed E-state index contributed by atoms with van der Waals surface area (Å²) in [5, 5.41) is 9.36. The maximum atomic E-state index is 12.0. The molecule has 2 N–H and O–H groups in total. The van der Waals surface area contributed by atoms with Crippen LogP contribution in [0, 0.1) is 0 Å². The Kier molecular flexibility index (Phi) is 20.4. The first kappa shape index (κ1) is 33.5. The van der Waals surface area contributed by atoms with Crippen molar-refractivity contribution in [2.45, 2.75) is 109 Å². The van der Waals surface area contributed by atoms with Gasteiger partial charge in [0, 0.05) is 6.42 Å². The van der Waals surface area contributed by atoms with E-state index in [2.05, 4.69) is 6.92 Å². The van der Waals surface area contributed by atoms with Crippen LogP contribution in [0.5, 0.6) is 0 Å². The maximum absolute atomic E-state index is 12.0. The number of ether oxygens (including phenoxy) is 1. The molecule has 204 valence electrons. The van der Waals surface area contributed by atoms with E-state index in [1.54, 1.807) is 0 Å². The van der Waals surface area contributed by atoms with Crippen LogP contribution in [0.2, 0.25) is 0 Å². The molecule has 0 spiro atoms. The first-order valence-electron chi connectivity index (χ1n) is 13.3. The van der Waals surface area contributed by atoms with Crippen molar-refractivity contribution in [2.24, 2.45) is 0 Å². The number of esters is 1. The molecule has 0 aromatic carbocycles. The van der Waals surface area contributed by atoms with Gasteiger partial charge < -0.3 is 19.2 Å². The van der Waals surface area contributed by atoms with E-state index in [4.69, 9.17) is 13.8 Å². The Morgan fingerprint density at radius 3 is 1.76 bits per heavy atom. The minimum absolute atomic E-state index is 0.0361. The largest absolute Gasteiger partial charge is 0.472 e. The smallest absolute Gasteiger partial charge is 0.463 e. The van der Waals surface area contributed by atoms with Crippen molar-refractivity contribution in [3.05, 3.63) is 0 Å². The number of rotatable bonds is 24. The molecule has 0 aromatic heterocycles. The van der Waals surface area contributed by atoms with Gasteiger partial charge in [-0.2, -0.15) is 0 Å². The molecule has 9 heteroatoms. The van der Waals surface area contributed by atoms with Crippen molar-refractivity contribution < 1.29 is 37.6 Å². The number of phosphoric acid groups is 1. The lowest BCUT2D eigenvalue weighted by Gasteiger charge is -2.24. The number of aliphatic hydroxyl groups is 1. The van der Waals surface area contributed by atoms with Crippen LogP contribution in [0.4, 0.5) is 0 Å². The lowest BCUT2D eigenvalue weighted by molar-refractivity contribution is -0.870. The van der Waals surface area contributed by atoms with Crippen LogP contribution in [-0.4, -0.2) is 74.1 Å². The average Bonchev–Trinajstić information content (AvgIpc) is 2.75. The molecule has 0 amide bonds. The van der Waals surface area contributed by atoms with Crippen LogP contribution in [0.15, 0.2) is 0 Å². The molecule has 0 aromatic rings. The molecular weight excluding hydrogens is 457 g/mol. The quantitative estimate of drug-likeness (QED) is 0.0754. The molecule has 0 heterocycles. The summed E-state index contributed by atoms with van der Waals surface area (Å²) < 4.78 is 27.5.